The van der Waals surface area contributed by atoms with E-state index in [9.17, 15) is 9.59 Å². The zero-order valence-corrected chi connectivity index (χ0v) is 14.2. The molecule has 0 saturated carbocycles. The molecule has 3 aromatic rings. The van der Waals surface area contributed by atoms with Gasteiger partial charge in [-0.1, -0.05) is 36.4 Å². The number of benzene rings is 2. The number of nitrogens with zero attached hydrogens (tertiary/aromatic N) is 3. The molecule has 2 N–H and O–H groups in total. The van der Waals surface area contributed by atoms with Crippen molar-refractivity contribution in [1.82, 2.24) is 20.1 Å². The summed E-state index contributed by atoms with van der Waals surface area (Å²) in [5.41, 5.74) is 0.715. The van der Waals surface area contributed by atoms with Gasteiger partial charge in [0.25, 0.3) is 5.91 Å². The number of H-pyrrole nitrogens is 1. The molecule has 2 amide bonds. The van der Waals surface area contributed by atoms with Crippen LogP contribution in [0.5, 0.6) is 0 Å². The van der Waals surface area contributed by atoms with Crippen LogP contribution in [-0.4, -0.2) is 45.0 Å². The molecule has 1 fully saturated rings. The fraction of sp³-hybridized carbons (Fsp3) is 0.263. The van der Waals surface area contributed by atoms with Crippen LogP contribution in [0, 0.1) is 5.92 Å². The zero-order valence-electron chi connectivity index (χ0n) is 14.2. The molecule has 2 aromatic carbocycles. The van der Waals surface area contributed by atoms with Crippen LogP contribution in [0.3, 0.4) is 0 Å². The third-order valence-electron chi connectivity index (χ3n) is 4.83. The van der Waals surface area contributed by atoms with Crippen LogP contribution >= 0.6 is 0 Å². The van der Waals surface area contributed by atoms with Gasteiger partial charge in [0.1, 0.15) is 6.33 Å². The van der Waals surface area contributed by atoms with E-state index in [0.717, 1.165) is 10.8 Å². The number of amides is 2. The van der Waals surface area contributed by atoms with Gasteiger partial charge in [0, 0.05) is 24.6 Å². The minimum Gasteiger partial charge on any atom is -0.339 e. The lowest BCUT2D eigenvalue weighted by Gasteiger charge is -2.31. The van der Waals surface area contributed by atoms with E-state index >= 15 is 0 Å². The number of piperidine rings is 1. The first-order valence-electron chi connectivity index (χ1n) is 8.65. The Morgan fingerprint density at radius 1 is 1.08 bits per heavy atom. The highest BCUT2D eigenvalue weighted by molar-refractivity contribution is 6.07. The van der Waals surface area contributed by atoms with Crippen LogP contribution in [0.15, 0.2) is 48.8 Å². The van der Waals surface area contributed by atoms with Gasteiger partial charge in [-0.25, -0.2) is 5.10 Å². The van der Waals surface area contributed by atoms with E-state index in [4.69, 9.17) is 0 Å². The Balaban J connectivity index is 1.42. The molecule has 0 atom stereocenters. The molecule has 0 spiro atoms. The Bertz CT molecular complexity index is 925. The molecule has 7 nitrogen and oxygen atoms in total. The predicted molar refractivity (Wildman–Crippen MR) is 97.6 cm³/mol. The average molecular weight is 349 g/mol. The lowest BCUT2D eigenvalue weighted by Crippen LogP contribution is -2.41. The summed E-state index contributed by atoms with van der Waals surface area (Å²) in [5, 5.41) is 11.1. The van der Waals surface area contributed by atoms with Gasteiger partial charge in [-0.3, -0.25) is 14.9 Å². The van der Waals surface area contributed by atoms with Gasteiger partial charge in [-0.05, 0) is 29.7 Å². The number of carbonyl (C=O) groups is 2. The van der Waals surface area contributed by atoms with E-state index in [-0.39, 0.29) is 17.7 Å². The average Bonchev–Trinajstić information content (AvgIpc) is 3.20. The highest BCUT2D eigenvalue weighted by atomic mass is 16.2. The number of carbonyl (C=O) groups excluding carboxylic acids is 2. The maximum Gasteiger partial charge on any atom is 0.254 e. The van der Waals surface area contributed by atoms with E-state index in [0.29, 0.717) is 37.4 Å². The van der Waals surface area contributed by atoms with Crippen molar-refractivity contribution in [1.29, 1.82) is 0 Å². The van der Waals surface area contributed by atoms with Crippen molar-refractivity contribution >= 4 is 28.5 Å². The number of hydrogen-bond donors (Lipinski definition) is 2. The lowest BCUT2D eigenvalue weighted by molar-refractivity contribution is -0.121. The largest absolute Gasteiger partial charge is 0.339 e. The fourth-order valence-electron chi connectivity index (χ4n) is 3.41. The van der Waals surface area contributed by atoms with E-state index in [1.165, 1.54) is 6.33 Å². The second-order valence-electron chi connectivity index (χ2n) is 6.42. The predicted octanol–water partition coefficient (Wildman–Crippen LogP) is 2.45. The summed E-state index contributed by atoms with van der Waals surface area (Å²) in [6.07, 6.45) is 2.62. The molecule has 1 aromatic heterocycles. The molecule has 0 bridgehead atoms. The standard InChI is InChI=1S/C19H19N5O2/c25-17(22-19-20-12-21-23-19)14-8-10-24(11-9-14)18(26)16-7-3-5-13-4-1-2-6-15(13)16/h1-7,12,14H,8-11H2,(H2,20,21,22,23,25). The van der Waals surface area contributed by atoms with Gasteiger partial charge >= 0.3 is 0 Å². The van der Waals surface area contributed by atoms with Crippen LogP contribution in [-0.2, 0) is 4.79 Å². The number of rotatable bonds is 3. The first-order valence-corrected chi connectivity index (χ1v) is 8.65. The van der Waals surface area contributed by atoms with Crippen molar-refractivity contribution in [2.45, 2.75) is 12.8 Å². The number of aromatic amines is 1. The SMILES string of the molecule is O=C(Nc1ncn[nH]1)C1CCN(C(=O)c2cccc3ccccc23)CC1. The summed E-state index contributed by atoms with van der Waals surface area (Å²) < 4.78 is 0. The number of nitrogens with one attached hydrogen (secondary N) is 2. The number of anilines is 1. The number of aromatic nitrogens is 3. The monoisotopic (exact) mass is 349 g/mol. The molecule has 0 aliphatic carbocycles. The molecular formula is C19H19N5O2. The quantitative estimate of drug-likeness (QED) is 0.760. The van der Waals surface area contributed by atoms with Gasteiger partial charge in [0.2, 0.25) is 11.9 Å². The molecule has 0 radical (unpaired) electrons. The Morgan fingerprint density at radius 3 is 2.62 bits per heavy atom. The van der Waals surface area contributed by atoms with Crippen LogP contribution in [0.1, 0.15) is 23.2 Å². The number of fused-ring (bicyclic) bond motifs is 1. The molecule has 7 heteroatoms. The summed E-state index contributed by atoms with van der Waals surface area (Å²) in [6.45, 7) is 1.13. The number of hydrogen-bond acceptors (Lipinski definition) is 4. The lowest BCUT2D eigenvalue weighted by atomic mass is 9.95. The highest BCUT2D eigenvalue weighted by Crippen LogP contribution is 2.24. The van der Waals surface area contributed by atoms with E-state index in [1.807, 2.05) is 47.4 Å². The van der Waals surface area contributed by atoms with Crippen LogP contribution in [0.2, 0.25) is 0 Å². The molecule has 2 heterocycles. The summed E-state index contributed by atoms with van der Waals surface area (Å²) in [4.78, 5) is 31.0. The maximum atomic E-state index is 12.9. The first kappa shape index (κ1) is 16.3. The molecule has 1 aliphatic heterocycles. The van der Waals surface area contributed by atoms with Crippen molar-refractivity contribution in [3.05, 3.63) is 54.4 Å². The Kier molecular flexibility index (Phi) is 4.35. The molecule has 1 saturated heterocycles. The van der Waals surface area contributed by atoms with Crippen LogP contribution in [0.25, 0.3) is 10.8 Å². The first-order chi connectivity index (χ1) is 12.7. The van der Waals surface area contributed by atoms with Gasteiger partial charge in [0.15, 0.2) is 0 Å². The minimum absolute atomic E-state index is 0.0240. The fourth-order valence-corrected chi connectivity index (χ4v) is 3.41. The van der Waals surface area contributed by atoms with E-state index in [1.54, 1.807) is 0 Å². The van der Waals surface area contributed by atoms with Gasteiger partial charge in [-0.2, -0.15) is 10.1 Å². The summed E-state index contributed by atoms with van der Waals surface area (Å²) in [5.74, 6) is 0.163. The Labute approximate surface area is 150 Å². The summed E-state index contributed by atoms with van der Waals surface area (Å²) in [7, 11) is 0. The van der Waals surface area contributed by atoms with E-state index in [2.05, 4.69) is 20.5 Å². The Hall–Kier alpha value is -3.22. The van der Waals surface area contributed by atoms with Crippen LogP contribution < -0.4 is 5.32 Å². The van der Waals surface area contributed by atoms with Gasteiger partial charge in [0.05, 0.1) is 0 Å². The van der Waals surface area contributed by atoms with Gasteiger partial charge < -0.3 is 4.90 Å². The van der Waals surface area contributed by atoms with Crippen molar-refractivity contribution < 1.29 is 9.59 Å². The zero-order chi connectivity index (χ0) is 17.9. The highest BCUT2D eigenvalue weighted by Gasteiger charge is 2.28. The second-order valence-corrected chi connectivity index (χ2v) is 6.42. The van der Waals surface area contributed by atoms with Crippen molar-refractivity contribution in [2.75, 3.05) is 18.4 Å². The molecular weight excluding hydrogens is 330 g/mol. The van der Waals surface area contributed by atoms with Gasteiger partial charge in [-0.15, -0.1) is 0 Å². The Morgan fingerprint density at radius 2 is 1.85 bits per heavy atom. The van der Waals surface area contributed by atoms with Crippen LogP contribution in [0.4, 0.5) is 5.95 Å². The third kappa shape index (κ3) is 3.15. The molecule has 4 rings (SSSR count). The molecule has 1 aliphatic rings. The molecule has 132 valence electrons. The normalized spacial score (nSPS) is 15.2. The second kappa shape index (κ2) is 6.95. The number of likely N-dealkylation sites (tertiary alicyclic amines) is 1. The summed E-state index contributed by atoms with van der Waals surface area (Å²) >= 11 is 0. The van der Waals surface area contributed by atoms with Crippen molar-refractivity contribution in [3.8, 4) is 0 Å². The third-order valence-corrected chi connectivity index (χ3v) is 4.83. The van der Waals surface area contributed by atoms with Crippen molar-refractivity contribution in [3.63, 3.8) is 0 Å². The topological polar surface area (TPSA) is 91.0 Å². The summed E-state index contributed by atoms with van der Waals surface area (Å²) in [6, 6.07) is 13.7. The minimum atomic E-state index is -0.128. The molecule has 26 heavy (non-hydrogen) atoms. The van der Waals surface area contributed by atoms with Crippen molar-refractivity contribution in [2.24, 2.45) is 5.92 Å². The smallest absolute Gasteiger partial charge is 0.254 e. The van der Waals surface area contributed by atoms with E-state index < -0.39 is 0 Å². The maximum absolute atomic E-state index is 12.9. The molecule has 0 unspecified atom stereocenters.